The third-order valence-corrected chi connectivity index (χ3v) is 4.64. The molecule has 1 heterocycles. The van der Waals surface area contributed by atoms with Gasteiger partial charge < -0.3 is 14.2 Å². The standard InChI is InChI=1S/C21H16Cl2N2O6/c1-11(2)10-30-19-16(23)6-12(8-18(19)29-3)7-17-21(26)31-20(24-17)14-9-13(25(27)28)4-5-15(14)22/h4-9H,1,10H2,2-3H3/b17-7-. The van der Waals surface area contributed by atoms with Crippen LogP contribution in [-0.4, -0.2) is 30.5 Å². The van der Waals surface area contributed by atoms with Crippen molar-refractivity contribution in [1.29, 1.82) is 0 Å². The number of hydrogen-bond acceptors (Lipinski definition) is 7. The number of esters is 1. The van der Waals surface area contributed by atoms with E-state index < -0.39 is 10.9 Å². The Morgan fingerprint density at radius 1 is 1.29 bits per heavy atom. The maximum Gasteiger partial charge on any atom is 0.363 e. The molecule has 0 saturated carbocycles. The average Bonchev–Trinajstić information content (AvgIpc) is 3.06. The summed E-state index contributed by atoms with van der Waals surface area (Å²) in [4.78, 5) is 26.9. The van der Waals surface area contributed by atoms with Gasteiger partial charge in [-0.05, 0) is 42.3 Å². The van der Waals surface area contributed by atoms with E-state index >= 15 is 0 Å². The van der Waals surface area contributed by atoms with Crippen LogP contribution in [0.1, 0.15) is 18.1 Å². The number of methoxy groups -OCH3 is 1. The highest BCUT2D eigenvalue weighted by molar-refractivity contribution is 6.34. The normalized spacial score (nSPS) is 14.3. The fraction of sp³-hybridized carbons (Fsp3) is 0.143. The van der Waals surface area contributed by atoms with Crippen LogP contribution in [0.5, 0.6) is 11.5 Å². The van der Waals surface area contributed by atoms with E-state index in [1.54, 1.807) is 12.1 Å². The number of nitrogens with zero attached hydrogens (tertiary/aromatic N) is 2. The molecule has 1 aliphatic rings. The molecular weight excluding hydrogens is 447 g/mol. The van der Waals surface area contributed by atoms with E-state index in [9.17, 15) is 14.9 Å². The fourth-order valence-corrected chi connectivity index (χ4v) is 3.10. The lowest BCUT2D eigenvalue weighted by atomic mass is 10.1. The van der Waals surface area contributed by atoms with Crippen LogP contribution in [-0.2, 0) is 9.53 Å². The minimum Gasteiger partial charge on any atom is -0.493 e. The number of carbonyl (C=O) groups is 1. The van der Waals surface area contributed by atoms with Gasteiger partial charge in [0.2, 0.25) is 5.90 Å². The highest BCUT2D eigenvalue weighted by Crippen LogP contribution is 2.37. The van der Waals surface area contributed by atoms with Crippen LogP contribution < -0.4 is 9.47 Å². The highest BCUT2D eigenvalue weighted by atomic mass is 35.5. The van der Waals surface area contributed by atoms with Gasteiger partial charge in [0.1, 0.15) is 6.61 Å². The Balaban J connectivity index is 1.97. The molecule has 0 radical (unpaired) electrons. The summed E-state index contributed by atoms with van der Waals surface area (Å²) in [6.07, 6.45) is 1.44. The summed E-state index contributed by atoms with van der Waals surface area (Å²) in [6, 6.07) is 6.96. The summed E-state index contributed by atoms with van der Waals surface area (Å²) < 4.78 is 16.1. The molecule has 0 aromatic heterocycles. The molecule has 2 aromatic carbocycles. The number of rotatable bonds is 7. The number of carbonyl (C=O) groups excluding carboxylic acids is 1. The predicted molar refractivity (Wildman–Crippen MR) is 117 cm³/mol. The zero-order valence-electron chi connectivity index (χ0n) is 16.5. The van der Waals surface area contributed by atoms with Crippen molar-refractivity contribution < 1.29 is 23.9 Å². The van der Waals surface area contributed by atoms with E-state index in [0.29, 0.717) is 17.1 Å². The number of nitro groups is 1. The summed E-state index contributed by atoms with van der Waals surface area (Å²) in [7, 11) is 1.46. The van der Waals surface area contributed by atoms with Crippen LogP contribution in [0.15, 0.2) is 53.2 Å². The van der Waals surface area contributed by atoms with Crippen molar-refractivity contribution in [3.05, 3.63) is 79.5 Å². The topological polar surface area (TPSA) is 100 Å². The van der Waals surface area contributed by atoms with E-state index in [2.05, 4.69) is 11.6 Å². The first-order valence-corrected chi connectivity index (χ1v) is 9.56. The molecule has 0 saturated heterocycles. The molecule has 0 atom stereocenters. The van der Waals surface area contributed by atoms with E-state index in [1.807, 2.05) is 6.92 Å². The number of benzene rings is 2. The lowest BCUT2D eigenvalue weighted by Gasteiger charge is -2.13. The molecule has 0 bridgehead atoms. The zero-order valence-corrected chi connectivity index (χ0v) is 18.0. The van der Waals surface area contributed by atoms with Gasteiger partial charge in [-0.2, -0.15) is 0 Å². The van der Waals surface area contributed by atoms with E-state index in [-0.39, 0.29) is 39.5 Å². The Hall–Kier alpha value is -3.36. The minimum atomic E-state index is -0.740. The second-order valence-electron chi connectivity index (χ2n) is 6.54. The van der Waals surface area contributed by atoms with Crippen LogP contribution in [0.2, 0.25) is 10.0 Å². The third-order valence-electron chi connectivity index (χ3n) is 4.03. The molecule has 0 unspecified atom stereocenters. The Kier molecular flexibility index (Phi) is 6.62. The van der Waals surface area contributed by atoms with Crippen LogP contribution >= 0.6 is 23.2 Å². The maximum absolute atomic E-state index is 12.3. The van der Waals surface area contributed by atoms with Crippen molar-refractivity contribution in [2.24, 2.45) is 4.99 Å². The van der Waals surface area contributed by atoms with Crippen LogP contribution in [0, 0.1) is 10.1 Å². The molecule has 160 valence electrons. The van der Waals surface area contributed by atoms with Gasteiger partial charge >= 0.3 is 5.97 Å². The minimum absolute atomic E-state index is 0.0358. The van der Waals surface area contributed by atoms with Gasteiger partial charge in [-0.1, -0.05) is 29.8 Å². The first kappa shape index (κ1) is 22.3. The van der Waals surface area contributed by atoms with Crippen molar-refractivity contribution in [3.8, 4) is 11.5 Å². The Morgan fingerprint density at radius 2 is 2.03 bits per heavy atom. The van der Waals surface area contributed by atoms with Gasteiger partial charge in [0, 0.05) is 12.1 Å². The number of halogens is 2. The van der Waals surface area contributed by atoms with Crippen molar-refractivity contribution in [1.82, 2.24) is 0 Å². The summed E-state index contributed by atoms with van der Waals surface area (Å²) in [5.41, 5.74) is 1.20. The summed E-state index contributed by atoms with van der Waals surface area (Å²) >= 11 is 12.4. The van der Waals surface area contributed by atoms with Gasteiger partial charge in [0.25, 0.3) is 5.69 Å². The van der Waals surface area contributed by atoms with Crippen LogP contribution in [0.25, 0.3) is 6.08 Å². The quantitative estimate of drug-likeness (QED) is 0.184. The smallest absolute Gasteiger partial charge is 0.363 e. The van der Waals surface area contributed by atoms with E-state index in [0.717, 1.165) is 5.57 Å². The molecule has 2 aromatic rings. The Labute approximate surface area is 187 Å². The predicted octanol–water partition coefficient (Wildman–Crippen LogP) is 5.21. The zero-order chi connectivity index (χ0) is 22.7. The average molecular weight is 463 g/mol. The van der Waals surface area contributed by atoms with Gasteiger partial charge in [-0.3, -0.25) is 10.1 Å². The SMILES string of the molecule is C=C(C)COc1c(Cl)cc(/C=C2\N=C(c3cc([N+](=O)[O-])ccc3Cl)OC2=O)cc1OC. The molecular formula is C21H16Cl2N2O6. The lowest BCUT2D eigenvalue weighted by Crippen LogP contribution is -2.06. The van der Waals surface area contributed by atoms with Gasteiger partial charge in [0.05, 0.1) is 27.6 Å². The van der Waals surface area contributed by atoms with Crippen LogP contribution in [0.4, 0.5) is 5.69 Å². The number of non-ortho nitro benzene ring substituents is 1. The number of aliphatic imine (C=N–C) groups is 1. The summed E-state index contributed by atoms with van der Waals surface area (Å²) in [6.45, 7) is 5.85. The monoisotopic (exact) mass is 462 g/mol. The van der Waals surface area contributed by atoms with E-state index in [4.69, 9.17) is 37.4 Å². The highest BCUT2D eigenvalue weighted by Gasteiger charge is 2.27. The molecule has 0 amide bonds. The molecule has 0 fully saturated rings. The molecule has 8 nitrogen and oxygen atoms in total. The van der Waals surface area contributed by atoms with Gasteiger partial charge in [0.15, 0.2) is 17.2 Å². The number of ether oxygens (including phenoxy) is 3. The summed E-state index contributed by atoms with van der Waals surface area (Å²) in [5.74, 6) is -0.173. The molecule has 31 heavy (non-hydrogen) atoms. The molecule has 1 aliphatic heterocycles. The van der Waals surface area contributed by atoms with E-state index in [1.165, 1.54) is 31.4 Å². The largest absolute Gasteiger partial charge is 0.493 e. The Bertz CT molecular complexity index is 1160. The lowest BCUT2D eigenvalue weighted by molar-refractivity contribution is -0.384. The van der Waals surface area contributed by atoms with Gasteiger partial charge in [-0.25, -0.2) is 9.79 Å². The van der Waals surface area contributed by atoms with Crippen LogP contribution in [0.3, 0.4) is 0 Å². The second kappa shape index (κ2) is 9.20. The molecule has 0 aliphatic carbocycles. The van der Waals surface area contributed by atoms with Crippen molar-refractivity contribution in [2.75, 3.05) is 13.7 Å². The number of cyclic esters (lactones) is 1. The summed E-state index contributed by atoms with van der Waals surface area (Å²) in [5, 5.41) is 11.4. The van der Waals surface area contributed by atoms with Crippen molar-refractivity contribution in [2.45, 2.75) is 6.92 Å². The van der Waals surface area contributed by atoms with Crippen molar-refractivity contribution >= 4 is 46.8 Å². The number of hydrogen-bond donors (Lipinski definition) is 0. The first-order valence-electron chi connectivity index (χ1n) is 8.81. The second-order valence-corrected chi connectivity index (χ2v) is 7.35. The van der Waals surface area contributed by atoms with Gasteiger partial charge in [-0.15, -0.1) is 0 Å². The third kappa shape index (κ3) is 5.04. The van der Waals surface area contributed by atoms with Crippen molar-refractivity contribution in [3.63, 3.8) is 0 Å². The molecule has 0 spiro atoms. The molecule has 10 heteroatoms. The maximum atomic E-state index is 12.3. The number of nitro benzene ring substituents is 1. The fourth-order valence-electron chi connectivity index (χ4n) is 2.63. The Morgan fingerprint density at radius 3 is 2.68 bits per heavy atom. The molecule has 3 rings (SSSR count). The first-order chi connectivity index (χ1) is 14.7. The molecule has 0 N–H and O–H groups in total.